The van der Waals surface area contributed by atoms with Crippen LogP contribution >= 0.6 is 11.3 Å². The maximum atomic E-state index is 13.0. The molecule has 6 heterocycles. The van der Waals surface area contributed by atoms with Gasteiger partial charge in [-0.05, 0) is 18.2 Å². The van der Waals surface area contributed by atoms with Gasteiger partial charge in [0, 0.05) is 57.3 Å². The van der Waals surface area contributed by atoms with E-state index in [4.69, 9.17) is 19.7 Å². The Hall–Kier alpha value is -3.71. The van der Waals surface area contributed by atoms with E-state index in [0.29, 0.717) is 38.7 Å². The molecular formula is C28H31N9O2S. The highest BCUT2D eigenvalue weighted by molar-refractivity contribution is 7.19. The van der Waals surface area contributed by atoms with Crippen LogP contribution in [0.3, 0.4) is 0 Å². The van der Waals surface area contributed by atoms with Gasteiger partial charge >= 0.3 is 0 Å². The number of fused-ring (bicyclic) bond motifs is 2. The molecule has 4 aromatic heterocycles. The minimum absolute atomic E-state index is 0.0869. The minimum atomic E-state index is -0.158. The van der Waals surface area contributed by atoms with Gasteiger partial charge in [0.1, 0.15) is 11.9 Å². The second-order valence-corrected chi connectivity index (χ2v) is 11.4. The number of ether oxygens (including phenoxy) is 1. The topological polar surface area (TPSA) is 106 Å². The van der Waals surface area contributed by atoms with Gasteiger partial charge in [0.25, 0.3) is 0 Å². The number of para-hydroxylation sites is 2. The second-order valence-electron chi connectivity index (χ2n) is 10.2. The van der Waals surface area contributed by atoms with Gasteiger partial charge in [-0.1, -0.05) is 19.1 Å². The monoisotopic (exact) mass is 557 g/mol. The largest absolute Gasteiger partial charge is 0.369 e. The van der Waals surface area contributed by atoms with Crippen molar-refractivity contribution in [3.63, 3.8) is 0 Å². The fourth-order valence-electron chi connectivity index (χ4n) is 5.56. The zero-order chi connectivity index (χ0) is 27.2. The summed E-state index contributed by atoms with van der Waals surface area (Å²) < 4.78 is 11.0. The Labute approximate surface area is 235 Å². The van der Waals surface area contributed by atoms with Crippen molar-refractivity contribution >= 4 is 44.2 Å². The Balaban J connectivity index is 1.23. The highest BCUT2D eigenvalue weighted by Crippen LogP contribution is 2.34. The fraction of sp³-hybridized carbons (Fsp3) is 0.393. The van der Waals surface area contributed by atoms with Gasteiger partial charge in [-0.15, -0.1) is 11.3 Å². The minimum Gasteiger partial charge on any atom is -0.369 e. The smallest absolute Gasteiger partial charge is 0.241 e. The number of morpholine rings is 1. The van der Waals surface area contributed by atoms with Crippen LogP contribution < -0.4 is 10.2 Å². The van der Waals surface area contributed by atoms with E-state index in [2.05, 4.69) is 38.9 Å². The van der Waals surface area contributed by atoms with E-state index in [-0.39, 0.29) is 12.0 Å². The SMILES string of the molecule is CCc1nc2ccccc2n1-c1nc(C2CNCCO2)c2sc(CN3CCN(c4cnn(C)c4)C(=O)C3)cc2n1. The van der Waals surface area contributed by atoms with E-state index in [1.165, 1.54) is 0 Å². The Kier molecular flexibility index (Phi) is 6.54. The second kappa shape index (κ2) is 10.4. The molecular weight excluding hydrogens is 526 g/mol. The molecule has 0 spiro atoms. The van der Waals surface area contributed by atoms with Gasteiger partial charge in [0.05, 0.1) is 52.0 Å². The summed E-state index contributed by atoms with van der Waals surface area (Å²) in [7, 11) is 1.86. The zero-order valence-electron chi connectivity index (χ0n) is 22.6. The molecule has 2 fully saturated rings. The van der Waals surface area contributed by atoms with Crippen molar-refractivity contribution in [2.75, 3.05) is 44.2 Å². The highest BCUT2D eigenvalue weighted by atomic mass is 32.1. The van der Waals surface area contributed by atoms with Crippen LogP contribution in [0, 0.1) is 0 Å². The number of anilines is 1. The van der Waals surface area contributed by atoms with Gasteiger partial charge in [-0.3, -0.25) is 18.9 Å². The number of carbonyl (C=O) groups is 1. The van der Waals surface area contributed by atoms with Crippen LogP contribution in [0.4, 0.5) is 5.69 Å². The Morgan fingerprint density at radius 2 is 2.05 bits per heavy atom. The maximum Gasteiger partial charge on any atom is 0.241 e. The predicted octanol–water partition coefficient (Wildman–Crippen LogP) is 2.84. The first kappa shape index (κ1) is 25.3. The van der Waals surface area contributed by atoms with E-state index >= 15 is 0 Å². The average Bonchev–Trinajstić information content (AvgIpc) is 3.69. The molecule has 11 nitrogen and oxygen atoms in total. The van der Waals surface area contributed by atoms with Crippen molar-refractivity contribution in [3.05, 3.63) is 59.1 Å². The quantitative estimate of drug-likeness (QED) is 0.340. The lowest BCUT2D eigenvalue weighted by Gasteiger charge is -2.33. The van der Waals surface area contributed by atoms with Crippen molar-refractivity contribution in [2.24, 2.45) is 7.05 Å². The van der Waals surface area contributed by atoms with E-state index in [1.807, 2.05) is 36.3 Å². The number of imidazole rings is 1. The molecule has 2 saturated heterocycles. The fourth-order valence-corrected chi connectivity index (χ4v) is 6.73. The van der Waals surface area contributed by atoms with Gasteiger partial charge in [-0.2, -0.15) is 5.10 Å². The summed E-state index contributed by atoms with van der Waals surface area (Å²) in [6.45, 7) is 6.75. The summed E-state index contributed by atoms with van der Waals surface area (Å²) >= 11 is 1.69. The molecule has 2 aliphatic heterocycles. The number of rotatable bonds is 6. The molecule has 1 N–H and O–H groups in total. The van der Waals surface area contributed by atoms with Gasteiger partial charge in [-0.25, -0.2) is 15.0 Å². The molecule has 206 valence electrons. The number of hydrogen-bond acceptors (Lipinski definition) is 9. The summed E-state index contributed by atoms with van der Waals surface area (Å²) in [5.41, 5.74) is 4.57. The zero-order valence-corrected chi connectivity index (χ0v) is 23.4. The number of nitrogens with one attached hydrogen (secondary N) is 1. The number of hydrogen-bond donors (Lipinski definition) is 1. The first-order valence-electron chi connectivity index (χ1n) is 13.7. The number of piperazine rings is 1. The molecule has 5 aromatic rings. The van der Waals surface area contributed by atoms with E-state index in [0.717, 1.165) is 62.8 Å². The van der Waals surface area contributed by atoms with Crippen molar-refractivity contribution in [1.82, 2.24) is 39.5 Å². The molecule has 0 saturated carbocycles. The lowest BCUT2D eigenvalue weighted by atomic mass is 10.2. The summed E-state index contributed by atoms with van der Waals surface area (Å²) in [6.07, 6.45) is 4.23. The van der Waals surface area contributed by atoms with Crippen LogP contribution in [0.5, 0.6) is 0 Å². The maximum absolute atomic E-state index is 13.0. The molecule has 12 heteroatoms. The molecule has 1 atom stereocenters. The highest BCUT2D eigenvalue weighted by Gasteiger charge is 2.28. The number of benzene rings is 1. The van der Waals surface area contributed by atoms with Gasteiger partial charge in [0.2, 0.25) is 11.9 Å². The molecule has 0 aliphatic carbocycles. The number of amides is 1. The Morgan fingerprint density at radius 1 is 1.15 bits per heavy atom. The Morgan fingerprint density at radius 3 is 2.83 bits per heavy atom. The van der Waals surface area contributed by atoms with E-state index in [9.17, 15) is 4.79 Å². The lowest BCUT2D eigenvalue weighted by Crippen LogP contribution is -2.49. The normalized spacial score (nSPS) is 18.8. The molecule has 0 bridgehead atoms. The number of thiophene rings is 1. The third-order valence-corrected chi connectivity index (χ3v) is 8.63. The number of aromatic nitrogens is 6. The number of aryl methyl sites for hydroxylation is 2. The first-order valence-corrected chi connectivity index (χ1v) is 14.5. The lowest BCUT2D eigenvalue weighted by molar-refractivity contribution is -0.121. The molecule has 1 aromatic carbocycles. The van der Waals surface area contributed by atoms with Crippen LogP contribution in [0.1, 0.15) is 29.4 Å². The molecule has 1 amide bonds. The van der Waals surface area contributed by atoms with Crippen molar-refractivity contribution in [3.8, 4) is 5.95 Å². The summed E-state index contributed by atoms with van der Waals surface area (Å²) in [5.74, 6) is 1.63. The summed E-state index contributed by atoms with van der Waals surface area (Å²) in [5, 5.41) is 7.66. The van der Waals surface area contributed by atoms with Crippen LogP contribution in [-0.4, -0.2) is 79.4 Å². The summed E-state index contributed by atoms with van der Waals surface area (Å²) in [6, 6.07) is 10.3. The molecule has 7 rings (SSSR count). The van der Waals surface area contributed by atoms with Crippen LogP contribution in [0.25, 0.3) is 27.2 Å². The summed E-state index contributed by atoms with van der Waals surface area (Å²) in [4.78, 5) is 33.2. The van der Waals surface area contributed by atoms with E-state index < -0.39 is 0 Å². The molecule has 2 aliphatic rings. The molecule has 40 heavy (non-hydrogen) atoms. The van der Waals surface area contributed by atoms with Crippen molar-refractivity contribution in [1.29, 1.82) is 0 Å². The third kappa shape index (κ3) is 4.56. The van der Waals surface area contributed by atoms with Crippen molar-refractivity contribution < 1.29 is 9.53 Å². The standard InChI is InChI=1S/C28H31N9O2S/c1-3-24-31-20-6-4-5-7-22(20)37(24)28-32-21-12-19(40-27(21)26(33-28)23-14-29-8-11-39-23)16-35-9-10-36(25(38)17-35)18-13-30-34(2)15-18/h4-7,12-13,15,23,29H,3,8-11,14,16-17H2,1-2H3. The van der Waals surface area contributed by atoms with Crippen LogP contribution in [0.2, 0.25) is 0 Å². The van der Waals surface area contributed by atoms with Crippen LogP contribution in [-0.2, 0) is 29.5 Å². The Bertz CT molecular complexity index is 1700. The van der Waals surface area contributed by atoms with Crippen molar-refractivity contribution in [2.45, 2.75) is 26.0 Å². The number of carbonyl (C=O) groups excluding carboxylic acids is 1. The molecule has 0 radical (unpaired) electrons. The van der Waals surface area contributed by atoms with Gasteiger partial charge < -0.3 is 15.0 Å². The van der Waals surface area contributed by atoms with Crippen LogP contribution in [0.15, 0.2) is 42.7 Å². The number of nitrogens with zero attached hydrogens (tertiary/aromatic N) is 8. The average molecular weight is 558 g/mol. The third-order valence-electron chi connectivity index (χ3n) is 7.50. The predicted molar refractivity (Wildman–Crippen MR) is 154 cm³/mol. The first-order chi connectivity index (χ1) is 19.6. The van der Waals surface area contributed by atoms with E-state index in [1.54, 1.807) is 22.2 Å². The van der Waals surface area contributed by atoms with Gasteiger partial charge in [0.15, 0.2) is 0 Å². The molecule has 1 unspecified atom stereocenters.